The van der Waals surface area contributed by atoms with Gasteiger partial charge in [-0.1, -0.05) is 4.49 Å². The molecule has 0 spiro atoms. The third kappa shape index (κ3) is 2.63. The standard InChI is InChI=1S/C8H14N4S/c1-3-9-4-2-7(1)5-10-8-6-11-12-13-8/h6-7,9-10H,1-5H2. The molecule has 4 nitrogen and oxygen atoms in total. The summed E-state index contributed by atoms with van der Waals surface area (Å²) in [5.41, 5.74) is 0. The Morgan fingerprint density at radius 2 is 2.38 bits per heavy atom. The zero-order chi connectivity index (χ0) is 8.93. The van der Waals surface area contributed by atoms with Crippen LogP contribution in [0.3, 0.4) is 0 Å². The van der Waals surface area contributed by atoms with Crippen molar-refractivity contribution < 1.29 is 0 Å². The van der Waals surface area contributed by atoms with Crippen molar-refractivity contribution in [2.75, 3.05) is 25.0 Å². The first-order valence-electron chi connectivity index (χ1n) is 4.67. The first-order valence-corrected chi connectivity index (χ1v) is 5.44. The highest BCUT2D eigenvalue weighted by Gasteiger charge is 2.12. The van der Waals surface area contributed by atoms with E-state index < -0.39 is 0 Å². The van der Waals surface area contributed by atoms with Crippen molar-refractivity contribution in [2.24, 2.45) is 5.92 Å². The van der Waals surface area contributed by atoms with Gasteiger partial charge in [0, 0.05) is 18.1 Å². The third-order valence-electron chi connectivity index (χ3n) is 2.38. The Morgan fingerprint density at radius 3 is 3.08 bits per heavy atom. The number of anilines is 1. The molecule has 0 unspecified atom stereocenters. The first-order chi connectivity index (χ1) is 6.45. The Bertz CT molecular complexity index is 230. The van der Waals surface area contributed by atoms with Gasteiger partial charge in [-0.2, -0.15) is 0 Å². The summed E-state index contributed by atoms with van der Waals surface area (Å²) in [4.78, 5) is 0. The molecule has 1 aliphatic rings. The van der Waals surface area contributed by atoms with E-state index >= 15 is 0 Å². The average Bonchev–Trinajstić information content (AvgIpc) is 2.69. The maximum Gasteiger partial charge on any atom is 0.130 e. The normalized spacial score (nSPS) is 18.8. The van der Waals surface area contributed by atoms with E-state index in [1.807, 2.05) is 0 Å². The molecular formula is C8H14N4S. The van der Waals surface area contributed by atoms with Crippen LogP contribution in [0.15, 0.2) is 6.20 Å². The summed E-state index contributed by atoms with van der Waals surface area (Å²) in [5, 5.41) is 11.6. The van der Waals surface area contributed by atoms with Crippen LogP contribution in [0, 0.1) is 5.92 Å². The molecule has 0 atom stereocenters. The molecule has 72 valence electrons. The topological polar surface area (TPSA) is 49.8 Å². The number of hydrogen-bond donors (Lipinski definition) is 2. The van der Waals surface area contributed by atoms with Crippen molar-refractivity contribution in [3.8, 4) is 0 Å². The Hall–Kier alpha value is -0.680. The fourth-order valence-corrected chi connectivity index (χ4v) is 2.00. The van der Waals surface area contributed by atoms with Crippen molar-refractivity contribution >= 4 is 16.5 Å². The molecule has 1 aliphatic heterocycles. The minimum Gasteiger partial charge on any atom is -0.374 e. The molecule has 2 rings (SSSR count). The molecule has 1 fully saturated rings. The van der Waals surface area contributed by atoms with Crippen molar-refractivity contribution in [3.05, 3.63) is 6.20 Å². The Labute approximate surface area is 81.9 Å². The van der Waals surface area contributed by atoms with Gasteiger partial charge in [0.2, 0.25) is 0 Å². The van der Waals surface area contributed by atoms with Crippen molar-refractivity contribution in [1.29, 1.82) is 0 Å². The van der Waals surface area contributed by atoms with E-state index in [0.717, 1.165) is 30.6 Å². The lowest BCUT2D eigenvalue weighted by molar-refractivity contribution is 0.390. The van der Waals surface area contributed by atoms with Crippen molar-refractivity contribution in [1.82, 2.24) is 14.9 Å². The molecule has 0 amide bonds. The van der Waals surface area contributed by atoms with Crippen molar-refractivity contribution in [3.63, 3.8) is 0 Å². The first kappa shape index (κ1) is 8.90. The SMILES string of the molecule is c1nnsc1NCC1CCNCC1. The number of aromatic nitrogens is 2. The second-order valence-corrected chi connectivity index (χ2v) is 4.14. The van der Waals surface area contributed by atoms with E-state index in [9.17, 15) is 0 Å². The smallest absolute Gasteiger partial charge is 0.130 e. The highest BCUT2D eigenvalue weighted by molar-refractivity contribution is 7.09. The molecule has 0 radical (unpaired) electrons. The zero-order valence-corrected chi connectivity index (χ0v) is 8.31. The molecule has 0 aromatic carbocycles. The van der Waals surface area contributed by atoms with Crippen LogP contribution in [-0.2, 0) is 0 Å². The van der Waals surface area contributed by atoms with Gasteiger partial charge in [0.15, 0.2) is 0 Å². The van der Waals surface area contributed by atoms with Gasteiger partial charge in [-0.05, 0) is 31.8 Å². The summed E-state index contributed by atoms with van der Waals surface area (Å²) in [6.45, 7) is 3.38. The Balaban J connectivity index is 1.72. The Kier molecular flexibility index (Phi) is 3.10. The van der Waals surface area contributed by atoms with E-state index in [1.165, 1.54) is 24.4 Å². The van der Waals surface area contributed by atoms with Gasteiger partial charge in [-0.25, -0.2) is 0 Å². The van der Waals surface area contributed by atoms with E-state index in [2.05, 4.69) is 20.2 Å². The fourth-order valence-electron chi connectivity index (χ4n) is 1.58. The maximum atomic E-state index is 3.80. The molecule has 1 aromatic heterocycles. The molecule has 0 saturated carbocycles. The lowest BCUT2D eigenvalue weighted by Crippen LogP contribution is -2.31. The molecule has 5 heteroatoms. The quantitative estimate of drug-likeness (QED) is 0.759. The lowest BCUT2D eigenvalue weighted by Gasteiger charge is -2.22. The van der Waals surface area contributed by atoms with Crippen LogP contribution >= 0.6 is 11.5 Å². The number of rotatable bonds is 3. The second kappa shape index (κ2) is 4.53. The molecule has 1 aromatic rings. The summed E-state index contributed by atoms with van der Waals surface area (Å²) in [7, 11) is 0. The predicted octanol–water partition coefficient (Wildman–Crippen LogP) is 0.950. The number of nitrogens with zero attached hydrogens (tertiary/aromatic N) is 2. The van der Waals surface area contributed by atoms with Crippen LogP contribution in [0.4, 0.5) is 5.00 Å². The van der Waals surface area contributed by atoms with Crippen LogP contribution in [-0.4, -0.2) is 29.2 Å². The van der Waals surface area contributed by atoms with Crippen LogP contribution in [0.1, 0.15) is 12.8 Å². The molecule has 13 heavy (non-hydrogen) atoms. The maximum absolute atomic E-state index is 3.80. The minimum atomic E-state index is 0.809. The highest BCUT2D eigenvalue weighted by Crippen LogP contribution is 2.14. The number of nitrogens with one attached hydrogen (secondary N) is 2. The van der Waals surface area contributed by atoms with Crippen molar-refractivity contribution in [2.45, 2.75) is 12.8 Å². The van der Waals surface area contributed by atoms with Crippen LogP contribution < -0.4 is 10.6 Å². The largest absolute Gasteiger partial charge is 0.374 e. The zero-order valence-electron chi connectivity index (χ0n) is 7.49. The molecule has 0 bridgehead atoms. The molecular weight excluding hydrogens is 184 g/mol. The minimum absolute atomic E-state index is 0.809. The van der Waals surface area contributed by atoms with E-state index in [-0.39, 0.29) is 0 Å². The third-order valence-corrected chi connectivity index (χ3v) is 3.01. The molecule has 1 saturated heterocycles. The highest BCUT2D eigenvalue weighted by atomic mass is 32.1. The molecule has 2 N–H and O–H groups in total. The predicted molar refractivity (Wildman–Crippen MR) is 54.0 cm³/mol. The molecule has 0 aliphatic carbocycles. The van der Waals surface area contributed by atoms with E-state index in [0.29, 0.717) is 0 Å². The fraction of sp³-hybridized carbons (Fsp3) is 0.750. The summed E-state index contributed by atoms with van der Waals surface area (Å²) < 4.78 is 3.80. The van der Waals surface area contributed by atoms with Gasteiger partial charge < -0.3 is 10.6 Å². The van der Waals surface area contributed by atoms with Gasteiger partial charge in [0.25, 0.3) is 0 Å². The van der Waals surface area contributed by atoms with Gasteiger partial charge in [0.1, 0.15) is 5.00 Å². The summed E-state index contributed by atoms with van der Waals surface area (Å²) in [6, 6.07) is 0. The monoisotopic (exact) mass is 198 g/mol. The second-order valence-electron chi connectivity index (χ2n) is 3.36. The number of hydrogen-bond acceptors (Lipinski definition) is 5. The van der Waals surface area contributed by atoms with Crippen LogP contribution in [0.2, 0.25) is 0 Å². The van der Waals surface area contributed by atoms with E-state index in [4.69, 9.17) is 0 Å². The van der Waals surface area contributed by atoms with Crippen LogP contribution in [0.5, 0.6) is 0 Å². The molecule has 2 heterocycles. The van der Waals surface area contributed by atoms with Gasteiger partial charge in [-0.3, -0.25) is 0 Å². The lowest BCUT2D eigenvalue weighted by atomic mass is 9.98. The number of piperidine rings is 1. The van der Waals surface area contributed by atoms with Crippen LogP contribution in [0.25, 0.3) is 0 Å². The summed E-state index contributed by atoms with van der Waals surface area (Å²) in [6.07, 6.45) is 4.34. The Morgan fingerprint density at radius 1 is 1.54 bits per heavy atom. The van der Waals surface area contributed by atoms with Gasteiger partial charge in [-0.15, -0.1) is 5.10 Å². The average molecular weight is 198 g/mol. The summed E-state index contributed by atoms with van der Waals surface area (Å²) >= 11 is 1.42. The van der Waals surface area contributed by atoms with Gasteiger partial charge in [0.05, 0.1) is 6.20 Å². The summed E-state index contributed by atoms with van der Waals surface area (Å²) in [5.74, 6) is 0.809. The van der Waals surface area contributed by atoms with E-state index in [1.54, 1.807) is 6.20 Å². The van der Waals surface area contributed by atoms with Gasteiger partial charge >= 0.3 is 0 Å².